The number of amides is 1. The Morgan fingerprint density at radius 1 is 1.26 bits per heavy atom. The molecule has 19 heavy (non-hydrogen) atoms. The van der Waals surface area contributed by atoms with Crippen molar-refractivity contribution >= 4 is 12.0 Å². The maximum Gasteiger partial charge on any atom is 0.246 e. The Kier molecular flexibility index (Phi) is 4.68. The number of halogens is 1. The Morgan fingerprint density at radius 2 is 1.95 bits per heavy atom. The number of benzene rings is 1. The van der Waals surface area contributed by atoms with Crippen LogP contribution in [0.5, 0.6) is 0 Å². The van der Waals surface area contributed by atoms with Crippen LogP contribution < -0.4 is 0 Å². The molecule has 1 aliphatic heterocycles. The molecular weight excluding hydrogens is 243 g/mol. The molecule has 1 heterocycles. The van der Waals surface area contributed by atoms with Crippen molar-refractivity contribution in [2.75, 3.05) is 32.7 Å². The molecule has 102 valence electrons. The van der Waals surface area contributed by atoms with E-state index >= 15 is 0 Å². The van der Waals surface area contributed by atoms with E-state index in [-0.39, 0.29) is 11.7 Å². The van der Waals surface area contributed by atoms with Gasteiger partial charge in [0, 0.05) is 37.8 Å². The predicted octanol–water partition coefficient (Wildman–Crippen LogP) is 2.00. The molecule has 0 spiro atoms. The number of hydrogen-bond donors (Lipinski definition) is 0. The van der Waals surface area contributed by atoms with Crippen molar-refractivity contribution in [3.8, 4) is 0 Å². The monoisotopic (exact) mass is 262 g/mol. The quantitative estimate of drug-likeness (QED) is 0.778. The highest BCUT2D eigenvalue weighted by Gasteiger charge is 2.18. The molecule has 1 amide bonds. The van der Waals surface area contributed by atoms with Crippen LogP contribution in [0, 0.1) is 5.82 Å². The summed E-state index contributed by atoms with van der Waals surface area (Å²) in [4.78, 5) is 16.1. The van der Waals surface area contributed by atoms with E-state index in [9.17, 15) is 9.18 Å². The van der Waals surface area contributed by atoms with Gasteiger partial charge in [0.2, 0.25) is 5.91 Å². The summed E-state index contributed by atoms with van der Waals surface area (Å²) in [5, 5.41) is 0. The van der Waals surface area contributed by atoms with Crippen LogP contribution in [0.3, 0.4) is 0 Å². The number of hydrogen-bond acceptors (Lipinski definition) is 2. The van der Waals surface area contributed by atoms with Crippen molar-refractivity contribution < 1.29 is 9.18 Å². The number of rotatable bonds is 3. The Hall–Kier alpha value is -1.68. The summed E-state index contributed by atoms with van der Waals surface area (Å²) in [6.07, 6.45) is 3.00. The second-order valence-corrected chi connectivity index (χ2v) is 4.61. The molecule has 1 fully saturated rings. The normalized spacial score (nSPS) is 17.1. The molecule has 0 unspecified atom stereocenters. The van der Waals surface area contributed by atoms with Crippen LogP contribution in [0.25, 0.3) is 6.08 Å². The van der Waals surface area contributed by atoms with Gasteiger partial charge in [-0.15, -0.1) is 0 Å². The molecule has 4 heteroatoms. The average Bonchev–Trinajstić information content (AvgIpc) is 2.46. The lowest BCUT2D eigenvalue weighted by Gasteiger charge is -2.33. The smallest absolute Gasteiger partial charge is 0.246 e. The van der Waals surface area contributed by atoms with Gasteiger partial charge in [-0.3, -0.25) is 4.79 Å². The number of carbonyl (C=O) groups is 1. The first-order chi connectivity index (χ1) is 9.20. The van der Waals surface area contributed by atoms with E-state index in [4.69, 9.17) is 0 Å². The standard InChI is InChI=1S/C15H19FN2O/c1-2-17-9-11-18(12-10-17)15(19)8-7-13-5-3-4-6-14(13)16/h3-8H,2,9-12H2,1H3/b8-7-. The summed E-state index contributed by atoms with van der Waals surface area (Å²) in [5.41, 5.74) is 0.447. The Morgan fingerprint density at radius 3 is 2.58 bits per heavy atom. The van der Waals surface area contributed by atoms with E-state index in [0.29, 0.717) is 5.56 Å². The van der Waals surface area contributed by atoms with E-state index < -0.39 is 0 Å². The molecule has 0 aromatic heterocycles. The fourth-order valence-electron chi connectivity index (χ4n) is 2.16. The fourth-order valence-corrected chi connectivity index (χ4v) is 2.16. The third-order valence-corrected chi connectivity index (χ3v) is 3.44. The molecule has 2 rings (SSSR count). The van der Waals surface area contributed by atoms with E-state index in [1.165, 1.54) is 12.1 Å². The maximum absolute atomic E-state index is 13.4. The zero-order valence-electron chi connectivity index (χ0n) is 11.2. The molecule has 0 bridgehead atoms. The lowest BCUT2D eigenvalue weighted by Crippen LogP contribution is -2.48. The molecule has 0 N–H and O–H groups in total. The largest absolute Gasteiger partial charge is 0.337 e. The van der Waals surface area contributed by atoms with Crippen molar-refractivity contribution in [3.05, 3.63) is 41.7 Å². The summed E-state index contributed by atoms with van der Waals surface area (Å²) >= 11 is 0. The van der Waals surface area contributed by atoms with Crippen LogP contribution in [0.2, 0.25) is 0 Å². The third kappa shape index (κ3) is 3.64. The van der Waals surface area contributed by atoms with Gasteiger partial charge in [0.25, 0.3) is 0 Å². The highest BCUT2D eigenvalue weighted by atomic mass is 19.1. The second-order valence-electron chi connectivity index (χ2n) is 4.61. The van der Waals surface area contributed by atoms with Gasteiger partial charge in [-0.1, -0.05) is 25.1 Å². The number of carbonyl (C=O) groups excluding carboxylic acids is 1. The Bertz CT molecular complexity index is 465. The zero-order valence-corrected chi connectivity index (χ0v) is 11.2. The van der Waals surface area contributed by atoms with Gasteiger partial charge in [-0.25, -0.2) is 4.39 Å². The van der Waals surface area contributed by atoms with Gasteiger partial charge in [0.1, 0.15) is 5.82 Å². The van der Waals surface area contributed by atoms with Gasteiger partial charge in [0.15, 0.2) is 0 Å². The van der Waals surface area contributed by atoms with Gasteiger partial charge in [-0.2, -0.15) is 0 Å². The van der Waals surface area contributed by atoms with Gasteiger partial charge in [-0.05, 0) is 18.7 Å². The molecule has 1 aromatic rings. The molecule has 0 radical (unpaired) electrons. The molecule has 1 aromatic carbocycles. The third-order valence-electron chi connectivity index (χ3n) is 3.44. The first-order valence-electron chi connectivity index (χ1n) is 6.64. The summed E-state index contributed by atoms with van der Waals surface area (Å²) < 4.78 is 13.4. The van der Waals surface area contributed by atoms with Crippen molar-refractivity contribution in [1.29, 1.82) is 0 Å². The van der Waals surface area contributed by atoms with Gasteiger partial charge >= 0.3 is 0 Å². The van der Waals surface area contributed by atoms with E-state index in [0.717, 1.165) is 32.7 Å². The minimum atomic E-state index is -0.303. The molecule has 0 saturated carbocycles. The average molecular weight is 262 g/mol. The molecule has 1 saturated heterocycles. The van der Waals surface area contributed by atoms with Crippen LogP contribution in [-0.2, 0) is 4.79 Å². The number of likely N-dealkylation sites (N-methyl/N-ethyl adjacent to an activating group) is 1. The first kappa shape index (κ1) is 13.7. The Balaban J connectivity index is 1.93. The second kappa shape index (κ2) is 6.48. The van der Waals surface area contributed by atoms with Crippen molar-refractivity contribution in [2.24, 2.45) is 0 Å². The molecule has 3 nitrogen and oxygen atoms in total. The van der Waals surface area contributed by atoms with Gasteiger partial charge in [0.05, 0.1) is 0 Å². The van der Waals surface area contributed by atoms with E-state index in [2.05, 4.69) is 11.8 Å². The van der Waals surface area contributed by atoms with Crippen LogP contribution in [0.1, 0.15) is 12.5 Å². The van der Waals surface area contributed by atoms with Crippen LogP contribution >= 0.6 is 0 Å². The van der Waals surface area contributed by atoms with Crippen molar-refractivity contribution in [1.82, 2.24) is 9.80 Å². The summed E-state index contributed by atoms with van der Waals surface area (Å²) in [5.74, 6) is -0.346. The minimum absolute atomic E-state index is 0.0426. The molecule has 1 aliphatic rings. The van der Waals surface area contributed by atoms with Crippen LogP contribution in [0.4, 0.5) is 4.39 Å². The maximum atomic E-state index is 13.4. The highest BCUT2D eigenvalue weighted by Crippen LogP contribution is 2.09. The SMILES string of the molecule is CCN1CCN(C(=O)/C=C\c2ccccc2F)CC1. The minimum Gasteiger partial charge on any atom is -0.337 e. The van der Waals surface area contributed by atoms with E-state index in [1.807, 2.05) is 4.90 Å². The topological polar surface area (TPSA) is 23.6 Å². The first-order valence-corrected chi connectivity index (χ1v) is 6.64. The van der Waals surface area contributed by atoms with Crippen molar-refractivity contribution in [3.63, 3.8) is 0 Å². The lowest BCUT2D eigenvalue weighted by atomic mass is 10.2. The fraction of sp³-hybridized carbons (Fsp3) is 0.400. The van der Waals surface area contributed by atoms with Crippen LogP contribution in [0.15, 0.2) is 30.3 Å². The highest BCUT2D eigenvalue weighted by molar-refractivity contribution is 5.91. The molecule has 0 atom stereocenters. The summed E-state index contributed by atoms with van der Waals surface area (Å²) in [6, 6.07) is 6.45. The summed E-state index contributed by atoms with van der Waals surface area (Å²) in [6.45, 7) is 6.46. The zero-order chi connectivity index (χ0) is 13.7. The molecule has 0 aliphatic carbocycles. The lowest BCUT2D eigenvalue weighted by molar-refractivity contribution is -0.127. The number of nitrogens with zero attached hydrogens (tertiary/aromatic N) is 2. The summed E-state index contributed by atoms with van der Waals surface area (Å²) in [7, 11) is 0. The van der Waals surface area contributed by atoms with E-state index in [1.54, 1.807) is 24.3 Å². The van der Waals surface area contributed by atoms with Crippen molar-refractivity contribution in [2.45, 2.75) is 6.92 Å². The van der Waals surface area contributed by atoms with Crippen LogP contribution in [-0.4, -0.2) is 48.4 Å². The number of piperazine rings is 1. The Labute approximate surface area is 113 Å². The van der Waals surface area contributed by atoms with Gasteiger partial charge < -0.3 is 9.80 Å². The predicted molar refractivity (Wildman–Crippen MR) is 74.1 cm³/mol. The molecular formula is C15H19FN2O.